The summed E-state index contributed by atoms with van der Waals surface area (Å²) < 4.78 is 41.9. The van der Waals surface area contributed by atoms with Gasteiger partial charge < -0.3 is 35.7 Å². The molecule has 5 N–H and O–H groups in total. The second kappa shape index (κ2) is 19.3. The van der Waals surface area contributed by atoms with Crippen LogP contribution in [0.5, 0.6) is 0 Å². The summed E-state index contributed by atoms with van der Waals surface area (Å²) in [6.45, 7) is 17.3. The molecule has 13 heteroatoms. The normalized spacial score (nSPS) is 13.7. The van der Waals surface area contributed by atoms with E-state index in [9.17, 15) is 28.0 Å². The Kier molecular flexibility index (Phi) is 15.7. The van der Waals surface area contributed by atoms with Crippen molar-refractivity contribution >= 4 is 23.8 Å². The van der Waals surface area contributed by atoms with Gasteiger partial charge in [-0.05, 0) is 96.2 Å². The van der Waals surface area contributed by atoms with Crippen molar-refractivity contribution in [2.75, 3.05) is 13.1 Å². The van der Waals surface area contributed by atoms with Crippen LogP contribution in [0.3, 0.4) is 0 Å². The minimum atomic E-state index is -1.09. The number of benzene rings is 2. The molecule has 55 heavy (non-hydrogen) atoms. The van der Waals surface area contributed by atoms with E-state index in [1.165, 1.54) is 6.07 Å². The summed E-state index contributed by atoms with van der Waals surface area (Å²) in [4.78, 5) is 50.9. The second-order valence-electron chi connectivity index (χ2n) is 16.9. The molecule has 302 valence electrons. The second-order valence-corrected chi connectivity index (χ2v) is 16.9. The van der Waals surface area contributed by atoms with Gasteiger partial charge in [-0.25, -0.2) is 13.6 Å². The predicted octanol–water partition coefficient (Wildman–Crippen LogP) is 6.33. The Morgan fingerprint density at radius 2 is 1.47 bits per heavy atom. The fourth-order valence-electron chi connectivity index (χ4n) is 5.90. The van der Waals surface area contributed by atoms with Crippen molar-refractivity contribution in [1.82, 2.24) is 20.5 Å². The molecule has 1 aromatic heterocycles. The smallest absolute Gasteiger partial charge is 0.329 e. The summed E-state index contributed by atoms with van der Waals surface area (Å²) >= 11 is 0. The molecule has 3 atom stereocenters. The summed E-state index contributed by atoms with van der Waals surface area (Å²) in [6.07, 6.45) is 1.83. The summed E-state index contributed by atoms with van der Waals surface area (Å²) in [5.41, 5.74) is 7.01. The van der Waals surface area contributed by atoms with Gasteiger partial charge in [0, 0.05) is 48.9 Å². The third-order valence-corrected chi connectivity index (χ3v) is 8.40. The van der Waals surface area contributed by atoms with Crippen molar-refractivity contribution in [3.05, 3.63) is 83.7 Å². The molecule has 0 aliphatic rings. The quantitative estimate of drug-likeness (QED) is 0.116. The van der Waals surface area contributed by atoms with E-state index in [0.717, 1.165) is 23.4 Å². The monoisotopic (exact) mass is 767 g/mol. The van der Waals surface area contributed by atoms with Crippen LogP contribution in [0.2, 0.25) is 0 Å². The van der Waals surface area contributed by atoms with Crippen LogP contribution >= 0.6 is 0 Å². The lowest BCUT2D eigenvalue weighted by Gasteiger charge is -2.33. The van der Waals surface area contributed by atoms with Crippen molar-refractivity contribution in [2.45, 2.75) is 124 Å². The maximum atomic E-state index is 14.9. The zero-order valence-corrected chi connectivity index (χ0v) is 33.7. The zero-order valence-electron chi connectivity index (χ0n) is 33.7. The molecule has 0 bridgehead atoms. The number of amides is 2. The minimum Gasteiger partial charge on any atom is -0.460 e. The van der Waals surface area contributed by atoms with Crippen molar-refractivity contribution in [2.24, 2.45) is 11.1 Å². The van der Waals surface area contributed by atoms with E-state index in [2.05, 4.69) is 36.7 Å². The van der Waals surface area contributed by atoms with E-state index in [4.69, 9.17) is 15.2 Å². The summed E-state index contributed by atoms with van der Waals surface area (Å²) in [5.74, 6) is -3.22. The Balaban J connectivity index is 1.62. The van der Waals surface area contributed by atoms with Crippen molar-refractivity contribution < 1.29 is 37.4 Å². The molecule has 0 saturated heterocycles. The number of nitrogens with one attached hydrogen (secondary N) is 3. The zero-order chi connectivity index (χ0) is 41.1. The fraction of sp³-hybridized carbons (Fsp3) is 0.524. The first-order valence-electron chi connectivity index (χ1n) is 18.7. The number of ether oxygens (including phenoxy) is 2. The molecule has 2 aromatic carbocycles. The van der Waals surface area contributed by atoms with Crippen LogP contribution in [0.4, 0.5) is 8.78 Å². The molecular formula is C42H59F2N5O6. The van der Waals surface area contributed by atoms with E-state index in [-0.39, 0.29) is 49.2 Å². The number of hydrogen-bond acceptors (Lipinski definition) is 8. The van der Waals surface area contributed by atoms with Gasteiger partial charge in [0.05, 0.1) is 12.1 Å². The average molecular weight is 768 g/mol. The van der Waals surface area contributed by atoms with E-state index in [0.29, 0.717) is 18.7 Å². The van der Waals surface area contributed by atoms with Crippen molar-refractivity contribution in [3.8, 4) is 11.1 Å². The van der Waals surface area contributed by atoms with Crippen LogP contribution in [-0.2, 0) is 35.2 Å². The maximum Gasteiger partial charge on any atom is 0.329 e. The van der Waals surface area contributed by atoms with Crippen LogP contribution in [-0.4, -0.2) is 64.7 Å². The average Bonchev–Trinajstić information content (AvgIpc) is 3.46. The topological polar surface area (TPSA) is 154 Å². The lowest BCUT2D eigenvalue weighted by Crippen LogP contribution is -2.46. The number of aromatic nitrogens is 1. The molecule has 0 aliphatic carbocycles. The van der Waals surface area contributed by atoms with Gasteiger partial charge in [0.1, 0.15) is 28.9 Å². The molecule has 0 spiro atoms. The molecule has 0 fully saturated rings. The van der Waals surface area contributed by atoms with E-state index >= 15 is 0 Å². The molecule has 0 radical (unpaired) electrons. The van der Waals surface area contributed by atoms with Gasteiger partial charge in [-0.3, -0.25) is 14.4 Å². The van der Waals surface area contributed by atoms with Gasteiger partial charge in [-0.2, -0.15) is 0 Å². The molecule has 3 rings (SSSR count). The van der Waals surface area contributed by atoms with Crippen LogP contribution in [0, 0.1) is 17.0 Å². The SMILES string of the molecule is CC(C)(C)OC(=O)CC[C@H](NC(=O)CCNC(=O)[C@@H](N)CCN[C@@H](c1cc(-c2cc(F)ccc2F)cn1Cc1ccccc1)C(C)(C)C)C(=O)OC(C)(C)C. The predicted molar refractivity (Wildman–Crippen MR) is 209 cm³/mol. The first-order chi connectivity index (χ1) is 25.5. The highest BCUT2D eigenvalue weighted by Gasteiger charge is 2.31. The van der Waals surface area contributed by atoms with Crippen molar-refractivity contribution in [1.29, 1.82) is 0 Å². The third-order valence-electron chi connectivity index (χ3n) is 8.40. The molecular weight excluding hydrogens is 708 g/mol. The highest BCUT2D eigenvalue weighted by Crippen LogP contribution is 2.37. The van der Waals surface area contributed by atoms with E-state index < -0.39 is 58.7 Å². The lowest BCUT2D eigenvalue weighted by atomic mass is 9.84. The van der Waals surface area contributed by atoms with Gasteiger partial charge in [0.2, 0.25) is 11.8 Å². The van der Waals surface area contributed by atoms with E-state index in [1.54, 1.807) is 41.5 Å². The maximum absolute atomic E-state index is 14.9. The number of nitrogens with two attached hydrogens (primary N) is 1. The molecule has 0 aliphatic heterocycles. The Hall–Kier alpha value is -4.62. The van der Waals surface area contributed by atoms with Crippen LogP contribution in [0.25, 0.3) is 11.1 Å². The van der Waals surface area contributed by atoms with Crippen LogP contribution in [0.15, 0.2) is 60.8 Å². The molecule has 11 nitrogen and oxygen atoms in total. The van der Waals surface area contributed by atoms with Gasteiger partial charge >= 0.3 is 11.9 Å². The first-order valence-corrected chi connectivity index (χ1v) is 18.7. The summed E-state index contributed by atoms with van der Waals surface area (Å²) in [5, 5.41) is 8.85. The third kappa shape index (κ3) is 15.2. The van der Waals surface area contributed by atoms with Gasteiger partial charge in [-0.1, -0.05) is 51.1 Å². The number of rotatable bonds is 17. The summed E-state index contributed by atoms with van der Waals surface area (Å²) in [7, 11) is 0. The Labute approximate surface area is 324 Å². The van der Waals surface area contributed by atoms with Gasteiger partial charge in [0.25, 0.3) is 0 Å². The Bertz CT molecular complexity index is 1760. The lowest BCUT2D eigenvalue weighted by molar-refractivity contribution is -0.160. The van der Waals surface area contributed by atoms with Gasteiger partial charge in [0.15, 0.2) is 0 Å². The van der Waals surface area contributed by atoms with E-state index in [1.807, 2.05) is 47.2 Å². The number of carbonyl (C=O) groups excluding carboxylic acids is 4. The number of halogens is 2. The molecule has 0 unspecified atom stereocenters. The Morgan fingerprint density at radius 3 is 2.09 bits per heavy atom. The largest absolute Gasteiger partial charge is 0.460 e. The highest BCUT2D eigenvalue weighted by molar-refractivity contribution is 5.86. The van der Waals surface area contributed by atoms with Crippen molar-refractivity contribution in [3.63, 3.8) is 0 Å². The number of nitrogens with zero attached hydrogens (tertiary/aromatic N) is 1. The fourth-order valence-corrected chi connectivity index (χ4v) is 5.90. The first kappa shape index (κ1) is 44.8. The standard InChI is InChI=1S/C42H59F2N5O6/c1-40(2,3)37(34-23-28(30-24-29(43)15-16-31(30)44)26-49(34)25-27-13-11-10-12-14-27)46-21-19-32(45)38(52)47-22-20-35(50)48-33(39(53)55-42(7,8)9)17-18-36(51)54-41(4,5)6/h10-16,23-24,26,32-33,37,46H,17-22,25,45H2,1-9H3,(H,47,52)(H,48,50)/t32-,33-,37-/m0/s1. The molecule has 2 amide bonds. The minimum absolute atomic E-state index is 0.0185. The Morgan fingerprint density at radius 1 is 0.818 bits per heavy atom. The molecule has 1 heterocycles. The molecule has 3 aromatic rings. The number of carbonyl (C=O) groups is 4. The highest BCUT2D eigenvalue weighted by atomic mass is 19.1. The van der Waals surface area contributed by atoms with Crippen LogP contribution in [0.1, 0.15) is 105 Å². The number of esters is 2. The summed E-state index contributed by atoms with van der Waals surface area (Å²) in [6, 6.07) is 12.8. The number of hydrogen-bond donors (Lipinski definition) is 4. The van der Waals surface area contributed by atoms with Gasteiger partial charge in [-0.15, -0.1) is 0 Å². The van der Waals surface area contributed by atoms with Crippen LogP contribution < -0.4 is 21.7 Å². The molecule has 0 saturated carbocycles.